The zero-order valence-corrected chi connectivity index (χ0v) is 15.5. The summed E-state index contributed by atoms with van der Waals surface area (Å²) < 4.78 is 18.6. The average molecular weight is 363 g/mol. The molecule has 2 aromatic rings. The summed E-state index contributed by atoms with van der Waals surface area (Å²) in [6.07, 6.45) is 0.860. The van der Waals surface area contributed by atoms with Crippen molar-refractivity contribution in [2.24, 2.45) is 0 Å². The molecular formula is C18H25N3O5. The van der Waals surface area contributed by atoms with Crippen LogP contribution in [-0.2, 0) is 11.3 Å². The number of hydrogen-bond acceptors (Lipinski definition) is 6. The maximum Gasteiger partial charge on any atom is 0.407 e. The number of aromatic nitrogens is 2. The molecule has 0 fully saturated rings. The van der Waals surface area contributed by atoms with Crippen LogP contribution in [-0.4, -0.2) is 51.9 Å². The standard InChI is InChI=1S/C18H25N3O5/c1-11(20-17(23)26-18(2,3)4)8-21-15-12(7-19-21)5-6-14-16(15)25-13(9-22)10-24-14/h5-7,11,13,22H,8-10H2,1-4H3,(H,20,23)/t11-,13-/m0/s1. The van der Waals surface area contributed by atoms with Gasteiger partial charge in [0.2, 0.25) is 0 Å². The van der Waals surface area contributed by atoms with E-state index in [4.69, 9.17) is 14.2 Å². The number of aliphatic hydroxyl groups is 1. The predicted octanol–water partition coefficient (Wildman–Crippen LogP) is 2.08. The molecule has 2 N–H and O–H groups in total. The fourth-order valence-corrected chi connectivity index (χ4v) is 2.78. The van der Waals surface area contributed by atoms with Crippen molar-refractivity contribution in [2.75, 3.05) is 13.2 Å². The van der Waals surface area contributed by atoms with Crippen molar-refractivity contribution in [2.45, 2.75) is 52.0 Å². The number of hydrogen-bond donors (Lipinski definition) is 2. The Morgan fingerprint density at radius 2 is 2.27 bits per heavy atom. The second-order valence-corrected chi connectivity index (χ2v) is 7.44. The molecule has 2 heterocycles. The highest BCUT2D eigenvalue weighted by atomic mass is 16.6. The molecule has 26 heavy (non-hydrogen) atoms. The topological polar surface area (TPSA) is 94.8 Å². The summed E-state index contributed by atoms with van der Waals surface area (Å²) in [5, 5.41) is 17.5. The minimum Gasteiger partial charge on any atom is -0.486 e. The van der Waals surface area contributed by atoms with Crippen molar-refractivity contribution < 1.29 is 24.1 Å². The first-order valence-electron chi connectivity index (χ1n) is 8.65. The number of alkyl carbamates (subject to hydrolysis) is 1. The Balaban J connectivity index is 1.79. The van der Waals surface area contributed by atoms with Crippen LogP contribution < -0.4 is 14.8 Å². The molecule has 0 saturated heterocycles. The lowest BCUT2D eigenvalue weighted by Crippen LogP contribution is -2.39. The van der Waals surface area contributed by atoms with E-state index in [9.17, 15) is 9.90 Å². The van der Waals surface area contributed by atoms with Crippen molar-refractivity contribution in [3.63, 3.8) is 0 Å². The van der Waals surface area contributed by atoms with Crippen LogP contribution in [0.25, 0.3) is 10.9 Å². The molecule has 1 aliphatic heterocycles. The van der Waals surface area contributed by atoms with Crippen LogP contribution >= 0.6 is 0 Å². The van der Waals surface area contributed by atoms with Gasteiger partial charge in [0.25, 0.3) is 0 Å². The largest absolute Gasteiger partial charge is 0.486 e. The van der Waals surface area contributed by atoms with Gasteiger partial charge in [0.15, 0.2) is 17.6 Å². The van der Waals surface area contributed by atoms with Crippen LogP contribution in [0.2, 0.25) is 0 Å². The summed E-state index contributed by atoms with van der Waals surface area (Å²) in [6.45, 7) is 7.95. The number of carbonyl (C=O) groups is 1. The van der Waals surface area contributed by atoms with E-state index in [-0.39, 0.29) is 12.6 Å². The first kappa shape index (κ1) is 18.3. The van der Waals surface area contributed by atoms with Crippen molar-refractivity contribution in [3.8, 4) is 11.5 Å². The van der Waals surface area contributed by atoms with E-state index in [1.807, 2.05) is 39.8 Å². The molecule has 0 saturated carbocycles. The lowest BCUT2D eigenvalue weighted by molar-refractivity contribution is 0.0466. The van der Waals surface area contributed by atoms with Crippen molar-refractivity contribution in [1.29, 1.82) is 0 Å². The summed E-state index contributed by atoms with van der Waals surface area (Å²) >= 11 is 0. The Morgan fingerprint density at radius 1 is 1.50 bits per heavy atom. The first-order chi connectivity index (χ1) is 12.3. The minimum atomic E-state index is -0.550. The summed E-state index contributed by atoms with van der Waals surface area (Å²) in [5.74, 6) is 1.19. The molecule has 1 aromatic carbocycles. The molecule has 1 aromatic heterocycles. The zero-order valence-electron chi connectivity index (χ0n) is 15.5. The SMILES string of the molecule is C[C@@H](Cn1ncc2ccc3c(c21)O[C@@H](CO)CO3)NC(=O)OC(C)(C)C. The van der Waals surface area contributed by atoms with Crippen LogP contribution in [0.3, 0.4) is 0 Å². The zero-order chi connectivity index (χ0) is 18.9. The van der Waals surface area contributed by atoms with Crippen molar-refractivity contribution >= 4 is 17.0 Å². The number of fused-ring (bicyclic) bond motifs is 3. The molecule has 142 valence electrons. The molecule has 0 unspecified atom stereocenters. The summed E-state index contributed by atoms with van der Waals surface area (Å²) in [4.78, 5) is 11.9. The van der Waals surface area contributed by atoms with Crippen LogP contribution in [0, 0.1) is 0 Å². The van der Waals surface area contributed by atoms with E-state index in [1.54, 1.807) is 10.9 Å². The average Bonchev–Trinajstić information content (AvgIpc) is 2.95. The normalized spacial score (nSPS) is 17.8. The van der Waals surface area contributed by atoms with E-state index in [0.29, 0.717) is 24.7 Å². The fraction of sp³-hybridized carbons (Fsp3) is 0.556. The number of ether oxygens (including phenoxy) is 3. The molecule has 2 atom stereocenters. The van der Waals surface area contributed by atoms with E-state index in [1.165, 1.54) is 0 Å². The highest BCUT2D eigenvalue weighted by Gasteiger charge is 2.25. The summed E-state index contributed by atoms with van der Waals surface area (Å²) in [6, 6.07) is 3.54. The minimum absolute atomic E-state index is 0.124. The second-order valence-electron chi connectivity index (χ2n) is 7.44. The lowest BCUT2D eigenvalue weighted by Gasteiger charge is -2.26. The van der Waals surface area contributed by atoms with Gasteiger partial charge in [0.1, 0.15) is 17.7 Å². The maximum absolute atomic E-state index is 11.9. The van der Waals surface area contributed by atoms with Crippen molar-refractivity contribution in [3.05, 3.63) is 18.3 Å². The Kier molecular flexibility index (Phi) is 4.95. The molecule has 0 spiro atoms. The smallest absolute Gasteiger partial charge is 0.407 e. The van der Waals surface area contributed by atoms with Gasteiger partial charge in [-0.25, -0.2) is 4.79 Å². The number of nitrogens with zero attached hydrogens (tertiary/aromatic N) is 2. The van der Waals surface area contributed by atoms with Gasteiger partial charge in [-0.05, 0) is 39.8 Å². The van der Waals surface area contributed by atoms with Gasteiger partial charge in [-0.2, -0.15) is 5.10 Å². The van der Waals surface area contributed by atoms with Gasteiger partial charge in [0, 0.05) is 11.4 Å². The lowest BCUT2D eigenvalue weighted by atomic mass is 10.2. The number of rotatable bonds is 4. The predicted molar refractivity (Wildman–Crippen MR) is 95.6 cm³/mol. The third-order valence-electron chi connectivity index (χ3n) is 3.84. The first-order valence-corrected chi connectivity index (χ1v) is 8.65. The Hall–Kier alpha value is -2.48. The second kappa shape index (κ2) is 7.03. The molecular weight excluding hydrogens is 338 g/mol. The van der Waals surface area contributed by atoms with Gasteiger partial charge < -0.3 is 24.6 Å². The summed E-state index contributed by atoms with van der Waals surface area (Å²) in [7, 11) is 0. The van der Waals surface area contributed by atoms with Crippen LogP contribution in [0.4, 0.5) is 4.79 Å². The van der Waals surface area contributed by atoms with Crippen LogP contribution in [0.15, 0.2) is 18.3 Å². The third-order valence-corrected chi connectivity index (χ3v) is 3.84. The van der Waals surface area contributed by atoms with Gasteiger partial charge in [-0.3, -0.25) is 4.68 Å². The molecule has 0 aliphatic carbocycles. The number of amides is 1. The number of carbonyl (C=O) groups excluding carboxylic acids is 1. The number of aliphatic hydroxyl groups excluding tert-OH is 1. The fourth-order valence-electron chi connectivity index (χ4n) is 2.78. The van der Waals surface area contributed by atoms with E-state index < -0.39 is 17.8 Å². The van der Waals surface area contributed by atoms with Crippen molar-refractivity contribution in [1.82, 2.24) is 15.1 Å². The number of nitrogens with one attached hydrogen (secondary N) is 1. The van der Waals surface area contributed by atoms with Crippen LogP contribution in [0.5, 0.6) is 11.5 Å². The van der Waals surface area contributed by atoms with E-state index in [2.05, 4.69) is 10.4 Å². The molecule has 0 bridgehead atoms. The van der Waals surface area contributed by atoms with Gasteiger partial charge >= 0.3 is 6.09 Å². The van der Waals surface area contributed by atoms with E-state index in [0.717, 1.165) is 10.9 Å². The van der Waals surface area contributed by atoms with Gasteiger partial charge in [-0.1, -0.05) is 0 Å². The highest BCUT2D eigenvalue weighted by molar-refractivity contribution is 5.87. The Labute approximate surface area is 152 Å². The highest BCUT2D eigenvalue weighted by Crippen LogP contribution is 2.38. The molecule has 0 radical (unpaired) electrons. The molecule has 8 nitrogen and oxygen atoms in total. The number of benzene rings is 1. The maximum atomic E-state index is 11.9. The molecule has 1 aliphatic rings. The molecule has 8 heteroatoms. The van der Waals surface area contributed by atoms with Gasteiger partial charge in [0.05, 0.1) is 19.3 Å². The van der Waals surface area contributed by atoms with Crippen LogP contribution in [0.1, 0.15) is 27.7 Å². The van der Waals surface area contributed by atoms with Gasteiger partial charge in [-0.15, -0.1) is 0 Å². The third kappa shape index (κ3) is 4.01. The molecule has 3 rings (SSSR count). The quantitative estimate of drug-likeness (QED) is 0.864. The summed E-state index contributed by atoms with van der Waals surface area (Å²) in [5.41, 5.74) is 0.227. The monoisotopic (exact) mass is 363 g/mol. The Bertz CT molecular complexity index is 796. The van der Waals surface area contributed by atoms with E-state index >= 15 is 0 Å². The molecule has 1 amide bonds. The Morgan fingerprint density at radius 3 is 2.96 bits per heavy atom.